The normalized spacial score (nSPS) is 15.2. The molecule has 8 heteroatoms. The maximum absolute atomic E-state index is 13.1. The van der Waals surface area contributed by atoms with E-state index in [1.807, 2.05) is 24.3 Å². The van der Waals surface area contributed by atoms with Crippen LogP contribution in [0.4, 0.5) is 0 Å². The SMILES string of the molecule is CCCCOc1ccc(CNC(=O)c2cc(S(=O)(=O)N3CCCCCC3)ccc2Cl)cc1. The minimum atomic E-state index is -3.66. The van der Waals surface area contributed by atoms with Gasteiger partial charge in [0.2, 0.25) is 10.0 Å². The standard InChI is InChI=1S/C24H31ClN2O4S/c1-2-3-16-31-20-10-8-19(9-11-20)18-26-24(28)22-17-21(12-13-23(22)25)32(29,30)27-14-6-4-5-7-15-27/h8-13,17H,2-7,14-16,18H2,1H3,(H,26,28). The van der Waals surface area contributed by atoms with Crippen molar-refractivity contribution >= 4 is 27.5 Å². The fraction of sp³-hybridized carbons (Fsp3) is 0.458. The van der Waals surface area contributed by atoms with E-state index in [-0.39, 0.29) is 15.5 Å². The number of carbonyl (C=O) groups excluding carboxylic acids is 1. The lowest BCUT2D eigenvalue weighted by molar-refractivity contribution is 0.0951. The predicted octanol–water partition coefficient (Wildman–Crippen LogP) is 5.01. The Bertz CT molecular complexity index is 1000. The molecule has 1 N–H and O–H groups in total. The number of sulfonamides is 1. The number of hydrogen-bond acceptors (Lipinski definition) is 4. The van der Waals surface area contributed by atoms with Crippen molar-refractivity contribution in [2.45, 2.75) is 56.9 Å². The third-order valence-electron chi connectivity index (χ3n) is 5.53. The molecule has 0 bridgehead atoms. The monoisotopic (exact) mass is 478 g/mol. The highest BCUT2D eigenvalue weighted by Crippen LogP contribution is 2.25. The third-order valence-corrected chi connectivity index (χ3v) is 7.75. The van der Waals surface area contributed by atoms with Gasteiger partial charge in [0.1, 0.15) is 5.75 Å². The molecule has 1 saturated heterocycles. The minimum Gasteiger partial charge on any atom is -0.494 e. The van der Waals surface area contributed by atoms with E-state index in [4.69, 9.17) is 16.3 Å². The first-order chi connectivity index (χ1) is 15.4. The molecular formula is C24H31ClN2O4S. The largest absolute Gasteiger partial charge is 0.494 e. The molecule has 1 amide bonds. The summed E-state index contributed by atoms with van der Waals surface area (Å²) in [5.74, 6) is 0.384. The average Bonchev–Trinajstić information content (AvgIpc) is 3.09. The van der Waals surface area contributed by atoms with Gasteiger partial charge in [-0.25, -0.2) is 8.42 Å². The van der Waals surface area contributed by atoms with E-state index in [1.54, 1.807) is 0 Å². The molecule has 1 aliphatic heterocycles. The number of nitrogens with one attached hydrogen (secondary N) is 1. The molecule has 0 radical (unpaired) electrons. The van der Waals surface area contributed by atoms with Gasteiger partial charge in [0, 0.05) is 19.6 Å². The highest BCUT2D eigenvalue weighted by atomic mass is 35.5. The second-order valence-corrected chi connectivity index (χ2v) is 10.3. The van der Waals surface area contributed by atoms with Crippen molar-refractivity contribution < 1.29 is 17.9 Å². The number of unbranched alkanes of at least 4 members (excludes halogenated alkanes) is 1. The van der Waals surface area contributed by atoms with Crippen LogP contribution in [0.1, 0.15) is 61.4 Å². The fourth-order valence-corrected chi connectivity index (χ4v) is 5.33. The lowest BCUT2D eigenvalue weighted by Gasteiger charge is -2.20. The van der Waals surface area contributed by atoms with Gasteiger partial charge in [-0.2, -0.15) is 4.31 Å². The Morgan fingerprint density at radius 2 is 1.75 bits per heavy atom. The van der Waals surface area contributed by atoms with E-state index in [0.29, 0.717) is 26.2 Å². The van der Waals surface area contributed by atoms with Gasteiger partial charge in [-0.05, 0) is 55.2 Å². The van der Waals surface area contributed by atoms with Crippen molar-refractivity contribution in [1.82, 2.24) is 9.62 Å². The molecule has 2 aromatic rings. The molecule has 1 heterocycles. The first-order valence-corrected chi connectivity index (χ1v) is 13.0. The van der Waals surface area contributed by atoms with E-state index >= 15 is 0 Å². The summed E-state index contributed by atoms with van der Waals surface area (Å²) in [6.45, 7) is 4.10. The topological polar surface area (TPSA) is 75.7 Å². The van der Waals surface area contributed by atoms with Gasteiger partial charge in [-0.1, -0.05) is 49.9 Å². The second-order valence-electron chi connectivity index (χ2n) is 7.99. The Labute approximate surface area is 196 Å². The molecule has 0 aliphatic carbocycles. The van der Waals surface area contributed by atoms with Gasteiger partial charge in [-0.3, -0.25) is 4.79 Å². The van der Waals surface area contributed by atoms with Gasteiger partial charge in [0.25, 0.3) is 5.91 Å². The highest BCUT2D eigenvalue weighted by molar-refractivity contribution is 7.89. The number of ether oxygens (including phenoxy) is 1. The van der Waals surface area contributed by atoms with Crippen molar-refractivity contribution in [2.75, 3.05) is 19.7 Å². The number of benzene rings is 2. The maximum Gasteiger partial charge on any atom is 0.253 e. The molecule has 6 nitrogen and oxygen atoms in total. The minimum absolute atomic E-state index is 0.0996. The lowest BCUT2D eigenvalue weighted by atomic mass is 10.2. The van der Waals surface area contributed by atoms with Gasteiger partial charge in [-0.15, -0.1) is 0 Å². The Morgan fingerprint density at radius 3 is 2.41 bits per heavy atom. The predicted molar refractivity (Wildman–Crippen MR) is 127 cm³/mol. The average molecular weight is 479 g/mol. The van der Waals surface area contributed by atoms with Crippen molar-refractivity contribution in [1.29, 1.82) is 0 Å². The van der Waals surface area contributed by atoms with Crippen molar-refractivity contribution in [3.8, 4) is 5.75 Å². The smallest absolute Gasteiger partial charge is 0.253 e. The molecule has 0 unspecified atom stereocenters. The molecule has 1 aliphatic rings. The first kappa shape index (κ1) is 24.6. The van der Waals surface area contributed by atoms with Gasteiger partial charge < -0.3 is 10.1 Å². The summed E-state index contributed by atoms with van der Waals surface area (Å²) in [4.78, 5) is 12.9. The molecule has 0 aromatic heterocycles. The number of rotatable bonds is 9. The van der Waals surface area contributed by atoms with Gasteiger partial charge >= 0.3 is 0 Å². The van der Waals surface area contributed by atoms with Crippen LogP contribution < -0.4 is 10.1 Å². The Hall–Kier alpha value is -2.09. The molecule has 3 rings (SSSR count). The van der Waals surface area contributed by atoms with Crippen LogP contribution in [0.3, 0.4) is 0 Å². The Morgan fingerprint density at radius 1 is 1.06 bits per heavy atom. The number of carbonyl (C=O) groups is 1. The summed E-state index contributed by atoms with van der Waals surface area (Å²) < 4.78 is 33.3. The Balaban J connectivity index is 1.66. The molecule has 2 aromatic carbocycles. The zero-order valence-corrected chi connectivity index (χ0v) is 20.1. The number of nitrogens with zero attached hydrogens (tertiary/aromatic N) is 1. The molecule has 32 heavy (non-hydrogen) atoms. The van der Waals surface area contributed by atoms with Crippen LogP contribution in [0.15, 0.2) is 47.4 Å². The fourth-order valence-electron chi connectivity index (χ4n) is 3.59. The maximum atomic E-state index is 13.1. The summed E-state index contributed by atoms with van der Waals surface area (Å²) >= 11 is 6.23. The van der Waals surface area contributed by atoms with E-state index in [2.05, 4.69) is 12.2 Å². The van der Waals surface area contributed by atoms with E-state index in [9.17, 15) is 13.2 Å². The second kappa shape index (κ2) is 11.7. The van der Waals surface area contributed by atoms with E-state index < -0.39 is 15.9 Å². The quantitative estimate of drug-likeness (QED) is 0.514. The van der Waals surface area contributed by atoms with Crippen LogP contribution >= 0.6 is 11.6 Å². The van der Waals surface area contributed by atoms with Crippen molar-refractivity contribution in [3.05, 3.63) is 58.6 Å². The molecule has 1 fully saturated rings. The number of hydrogen-bond donors (Lipinski definition) is 1. The van der Waals surface area contributed by atoms with Crippen LogP contribution in [-0.2, 0) is 16.6 Å². The van der Waals surface area contributed by atoms with Crippen LogP contribution in [0, 0.1) is 0 Å². The van der Waals surface area contributed by atoms with Crippen LogP contribution in [-0.4, -0.2) is 38.3 Å². The molecular weight excluding hydrogens is 448 g/mol. The first-order valence-electron chi connectivity index (χ1n) is 11.2. The Kier molecular flexibility index (Phi) is 8.96. The molecule has 0 spiro atoms. The van der Waals surface area contributed by atoms with Crippen LogP contribution in [0.5, 0.6) is 5.75 Å². The lowest BCUT2D eigenvalue weighted by Crippen LogP contribution is -2.32. The number of halogens is 1. The summed E-state index contributed by atoms with van der Waals surface area (Å²) in [6, 6.07) is 11.9. The van der Waals surface area contributed by atoms with E-state index in [0.717, 1.165) is 49.8 Å². The molecule has 0 saturated carbocycles. The molecule has 0 atom stereocenters. The summed E-state index contributed by atoms with van der Waals surface area (Å²) in [6.07, 6.45) is 5.85. The molecule has 174 valence electrons. The number of amides is 1. The zero-order valence-electron chi connectivity index (χ0n) is 18.5. The van der Waals surface area contributed by atoms with Gasteiger partial charge in [0.15, 0.2) is 0 Å². The van der Waals surface area contributed by atoms with E-state index in [1.165, 1.54) is 22.5 Å². The van der Waals surface area contributed by atoms with Crippen molar-refractivity contribution in [3.63, 3.8) is 0 Å². The van der Waals surface area contributed by atoms with Crippen LogP contribution in [0.2, 0.25) is 5.02 Å². The summed E-state index contributed by atoms with van der Waals surface area (Å²) in [5.41, 5.74) is 1.06. The third kappa shape index (κ3) is 6.47. The highest BCUT2D eigenvalue weighted by Gasteiger charge is 2.26. The summed E-state index contributed by atoms with van der Waals surface area (Å²) in [7, 11) is -3.66. The van der Waals surface area contributed by atoms with Crippen LogP contribution in [0.25, 0.3) is 0 Å². The zero-order chi connectivity index (χ0) is 23.0. The summed E-state index contributed by atoms with van der Waals surface area (Å²) in [5, 5.41) is 3.04. The van der Waals surface area contributed by atoms with Crippen molar-refractivity contribution in [2.24, 2.45) is 0 Å². The van der Waals surface area contributed by atoms with Gasteiger partial charge in [0.05, 0.1) is 22.1 Å².